The highest BCUT2D eigenvalue weighted by Crippen LogP contribution is 2.06. The zero-order valence-electron chi connectivity index (χ0n) is 12.3. The van der Waals surface area contributed by atoms with E-state index in [-0.39, 0.29) is 23.0 Å². The van der Waals surface area contributed by atoms with Crippen molar-refractivity contribution in [2.24, 2.45) is 0 Å². The van der Waals surface area contributed by atoms with Crippen LogP contribution < -0.4 is 10.7 Å². The van der Waals surface area contributed by atoms with E-state index >= 15 is 0 Å². The normalized spacial score (nSPS) is 11.0. The molecular weight excluding hydrogens is 268 g/mol. The summed E-state index contributed by atoms with van der Waals surface area (Å²) in [6.07, 6.45) is 2.36. The number of nitrogens with one attached hydrogen (secondary N) is 2. The monoisotopic (exact) mass is 288 g/mol. The smallest absolute Gasteiger partial charge is 0.256 e. The van der Waals surface area contributed by atoms with Crippen molar-refractivity contribution in [1.82, 2.24) is 10.3 Å². The van der Waals surface area contributed by atoms with Gasteiger partial charge in [-0.15, -0.1) is 0 Å². The Morgan fingerprint density at radius 2 is 2.10 bits per heavy atom. The number of aromatic amines is 1. The van der Waals surface area contributed by atoms with Gasteiger partial charge in [0.05, 0.1) is 6.10 Å². The number of aromatic nitrogens is 1. The average molecular weight is 288 g/mol. The summed E-state index contributed by atoms with van der Waals surface area (Å²) in [5, 5.41) is 3.26. The van der Waals surface area contributed by atoms with Crippen LogP contribution in [0.1, 0.15) is 30.6 Å². The Bertz CT molecular complexity index is 677. The topological polar surface area (TPSA) is 71.2 Å². The third-order valence-corrected chi connectivity index (χ3v) is 3.09. The summed E-state index contributed by atoms with van der Waals surface area (Å²) >= 11 is 0. The molecule has 0 atom stereocenters. The van der Waals surface area contributed by atoms with Crippen molar-refractivity contribution in [3.05, 3.63) is 46.2 Å². The highest BCUT2D eigenvalue weighted by Gasteiger charge is 2.11. The van der Waals surface area contributed by atoms with Gasteiger partial charge in [0, 0.05) is 30.3 Å². The second-order valence-corrected chi connectivity index (χ2v) is 5.11. The lowest BCUT2D eigenvalue weighted by Crippen LogP contribution is -2.30. The third kappa shape index (κ3) is 3.92. The Kier molecular flexibility index (Phi) is 5.11. The van der Waals surface area contributed by atoms with Crippen LogP contribution in [0, 0.1) is 0 Å². The van der Waals surface area contributed by atoms with Crippen LogP contribution in [-0.2, 0) is 4.74 Å². The lowest BCUT2D eigenvalue weighted by Gasteiger charge is -2.08. The van der Waals surface area contributed by atoms with E-state index in [1.54, 1.807) is 12.1 Å². The highest BCUT2D eigenvalue weighted by molar-refractivity contribution is 5.97. The van der Waals surface area contributed by atoms with E-state index in [1.165, 1.54) is 6.20 Å². The molecule has 1 amide bonds. The summed E-state index contributed by atoms with van der Waals surface area (Å²) in [5.41, 5.74) is 0.614. The number of fused-ring (bicyclic) bond motifs is 1. The molecule has 0 spiro atoms. The summed E-state index contributed by atoms with van der Waals surface area (Å²) in [6, 6.07) is 7.14. The molecule has 0 fully saturated rings. The SMILES string of the molecule is CC(C)OCCCNC(=O)c1c[nH]c2ccccc2c1=O. The van der Waals surface area contributed by atoms with Gasteiger partial charge in [0.1, 0.15) is 5.56 Å². The van der Waals surface area contributed by atoms with Gasteiger partial charge in [0.25, 0.3) is 5.91 Å². The molecule has 1 aromatic carbocycles. The molecule has 2 rings (SSSR count). The maximum Gasteiger partial charge on any atom is 0.256 e. The van der Waals surface area contributed by atoms with Crippen LogP contribution in [0.15, 0.2) is 35.3 Å². The van der Waals surface area contributed by atoms with Gasteiger partial charge in [0.15, 0.2) is 0 Å². The summed E-state index contributed by atoms with van der Waals surface area (Å²) in [6.45, 7) is 5.00. The average Bonchev–Trinajstić information content (AvgIpc) is 2.47. The van der Waals surface area contributed by atoms with Gasteiger partial charge in [-0.25, -0.2) is 0 Å². The molecule has 5 heteroatoms. The van der Waals surface area contributed by atoms with Crippen LogP contribution in [0.3, 0.4) is 0 Å². The first-order chi connectivity index (χ1) is 10.1. The number of H-pyrrole nitrogens is 1. The minimum absolute atomic E-state index is 0.137. The largest absolute Gasteiger partial charge is 0.379 e. The van der Waals surface area contributed by atoms with Crippen LogP contribution in [0.2, 0.25) is 0 Å². The van der Waals surface area contributed by atoms with Crippen LogP contribution in [0.4, 0.5) is 0 Å². The maximum absolute atomic E-state index is 12.2. The molecular formula is C16H20N2O3. The molecule has 0 saturated heterocycles. The van der Waals surface area contributed by atoms with E-state index in [9.17, 15) is 9.59 Å². The Balaban J connectivity index is 2.00. The number of ether oxygens (including phenoxy) is 1. The second-order valence-electron chi connectivity index (χ2n) is 5.11. The van der Waals surface area contributed by atoms with E-state index in [4.69, 9.17) is 4.74 Å². The van der Waals surface area contributed by atoms with Crippen LogP contribution in [-0.4, -0.2) is 30.1 Å². The Morgan fingerprint density at radius 1 is 1.33 bits per heavy atom. The number of para-hydroxylation sites is 1. The fourth-order valence-corrected chi connectivity index (χ4v) is 2.02. The Morgan fingerprint density at radius 3 is 2.86 bits per heavy atom. The highest BCUT2D eigenvalue weighted by atomic mass is 16.5. The molecule has 1 aromatic heterocycles. The molecule has 0 aliphatic heterocycles. The van der Waals surface area contributed by atoms with Gasteiger partial charge in [0.2, 0.25) is 5.43 Å². The summed E-state index contributed by atoms with van der Waals surface area (Å²) in [5.74, 6) is -0.355. The van der Waals surface area contributed by atoms with Gasteiger partial charge in [-0.05, 0) is 32.4 Å². The van der Waals surface area contributed by atoms with Crippen molar-refractivity contribution in [3.63, 3.8) is 0 Å². The molecule has 2 N–H and O–H groups in total. The van der Waals surface area contributed by atoms with Gasteiger partial charge >= 0.3 is 0 Å². The van der Waals surface area contributed by atoms with Crippen molar-refractivity contribution < 1.29 is 9.53 Å². The van der Waals surface area contributed by atoms with Gasteiger partial charge in [-0.2, -0.15) is 0 Å². The molecule has 0 radical (unpaired) electrons. The van der Waals surface area contributed by atoms with E-state index in [0.29, 0.717) is 18.5 Å². The number of carbonyl (C=O) groups is 1. The Hall–Kier alpha value is -2.14. The molecule has 0 aliphatic carbocycles. The molecule has 0 bridgehead atoms. The summed E-state index contributed by atoms with van der Waals surface area (Å²) in [4.78, 5) is 27.2. The predicted octanol–water partition coefficient (Wildman–Crippen LogP) is 2.07. The molecule has 0 aliphatic rings. The van der Waals surface area contributed by atoms with Gasteiger partial charge in [-0.3, -0.25) is 9.59 Å². The maximum atomic E-state index is 12.2. The Labute approximate surface area is 123 Å². The van der Waals surface area contributed by atoms with E-state index in [2.05, 4.69) is 10.3 Å². The fourth-order valence-electron chi connectivity index (χ4n) is 2.02. The van der Waals surface area contributed by atoms with Crippen molar-refractivity contribution in [1.29, 1.82) is 0 Å². The van der Waals surface area contributed by atoms with Crippen LogP contribution >= 0.6 is 0 Å². The molecule has 2 aromatic rings. The predicted molar refractivity (Wildman–Crippen MR) is 82.6 cm³/mol. The zero-order valence-corrected chi connectivity index (χ0v) is 12.3. The number of hydrogen-bond acceptors (Lipinski definition) is 3. The third-order valence-electron chi connectivity index (χ3n) is 3.09. The standard InChI is InChI=1S/C16H20N2O3/c1-11(2)21-9-5-8-17-16(20)13-10-18-14-7-4-3-6-12(14)15(13)19/h3-4,6-7,10-11H,5,8-9H2,1-2H3,(H,17,20)(H,18,19). The molecule has 5 nitrogen and oxygen atoms in total. The van der Waals surface area contributed by atoms with E-state index in [0.717, 1.165) is 11.9 Å². The lowest BCUT2D eigenvalue weighted by molar-refractivity contribution is 0.0757. The molecule has 21 heavy (non-hydrogen) atoms. The number of pyridine rings is 1. The number of hydrogen-bond donors (Lipinski definition) is 2. The van der Waals surface area contributed by atoms with Crippen molar-refractivity contribution in [3.8, 4) is 0 Å². The fraction of sp³-hybridized carbons (Fsp3) is 0.375. The molecule has 112 valence electrons. The van der Waals surface area contributed by atoms with Crippen molar-refractivity contribution in [2.75, 3.05) is 13.2 Å². The van der Waals surface area contributed by atoms with E-state index < -0.39 is 0 Å². The second kappa shape index (κ2) is 7.04. The van der Waals surface area contributed by atoms with Crippen LogP contribution in [0.25, 0.3) is 10.9 Å². The lowest BCUT2D eigenvalue weighted by atomic mass is 10.1. The number of amides is 1. The van der Waals surface area contributed by atoms with Crippen LogP contribution in [0.5, 0.6) is 0 Å². The summed E-state index contributed by atoms with van der Waals surface area (Å²) in [7, 11) is 0. The quantitative estimate of drug-likeness (QED) is 0.799. The van der Waals surface area contributed by atoms with Crippen molar-refractivity contribution >= 4 is 16.8 Å². The van der Waals surface area contributed by atoms with Gasteiger partial charge < -0.3 is 15.0 Å². The summed E-state index contributed by atoms with van der Waals surface area (Å²) < 4.78 is 5.39. The number of rotatable bonds is 6. The first-order valence-corrected chi connectivity index (χ1v) is 7.10. The number of benzene rings is 1. The zero-order chi connectivity index (χ0) is 15.2. The van der Waals surface area contributed by atoms with E-state index in [1.807, 2.05) is 26.0 Å². The minimum Gasteiger partial charge on any atom is -0.379 e. The number of carbonyl (C=O) groups excluding carboxylic acids is 1. The first kappa shape index (κ1) is 15.3. The van der Waals surface area contributed by atoms with Crippen molar-refractivity contribution in [2.45, 2.75) is 26.4 Å². The first-order valence-electron chi connectivity index (χ1n) is 7.10. The molecule has 1 heterocycles. The van der Waals surface area contributed by atoms with Gasteiger partial charge in [-0.1, -0.05) is 12.1 Å². The molecule has 0 saturated carbocycles. The molecule has 0 unspecified atom stereocenters. The minimum atomic E-state index is -0.355.